The van der Waals surface area contributed by atoms with Gasteiger partial charge in [0.05, 0.1) is 0 Å². The zero-order valence-electron chi connectivity index (χ0n) is 12.9. The first-order chi connectivity index (χ1) is 10.7. The molecule has 1 heterocycles. The second kappa shape index (κ2) is 6.48. The molecule has 0 unspecified atom stereocenters. The van der Waals surface area contributed by atoms with Gasteiger partial charge in [-0.3, -0.25) is 9.59 Å². The summed E-state index contributed by atoms with van der Waals surface area (Å²) in [6, 6.07) is 5.82. The molecule has 22 heavy (non-hydrogen) atoms. The number of hydrogen-bond acceptors (Lipinski definition) is 3. The highest BCUT2D eigenvalue weighted by molar-refractivity contribution is 5.99. The number of hydrogen-bond donors (Lipinski definition) is 1. The summed E-state index contributed by atoms with van der Waals surface area (Å²) in [6.45, 7) is 3.20. The van der Waals surface area contributed by atoms with E-state index in [1.165, 1.54) is 5.56 Å². The van der Waals surface area contributed by atoms with E-state index in [1.807, 2.05) is 30.0 Å². The Morgan fingerprint density at radius 1 is 1.36 bits per heavy atom. The van der Waals surface area contributed by atoms with Crippen LogP contribution in [0.25, 0.3) is 0 Å². The molecule has 3 rings (SSSR count). The fraction of sp³-hybridized carbons (Fsp3) is 0.529. The molecular formula is C17H22N2O3. The van der Waals surface area contributed by atoms with Crippen LogP contribution in [0.5, 0.6) is 0 Å². The highest BCUT2D eigenvalue weighted by Gasteiger charge is 2.35. The molecule has 1 aliphatic heterocycles. The van der Waals surface area contributed by atoms with Crippen molar-refractivity contribution >= 4 is 23.2 Å². The highest BCUT2D eigenvalue weighted by Crippen LogP contribution is 2.36. The zero-order chi connectivity index (χ0) is 15.5. The number of aryl methyl sites for hydroxylation is 1. The third-order valence-electron chi connectivity index (χ3n) is 4.12. The number of amides is 2. The number of ether oxygens (including phenoxy) is 1. The van der Waals surface area contributed by atoms with E-state index >= 15 is 0 Å². The lowest BCUT2D eigenvalue weighted by Gasteiger charge is -2.30. The number of fused-ring (bicyclic) bond motifs is 1. The van der Waals surface area contributed by atoms with Crippen molar-refractivity contribution < 1.29 is 14.3 Å². The van der Waals surface area contributed by atoms with Gasteiger partial charge < -0.3 is 15.0 Å². The molecule has 5 heteroatoms. The fourth-order valence-electron chi connectivity index (χ4n) is 2.82. The molecule has 118 valence electrons. The third-order valence-corrected chi connectivity index (χ3v) is 4.12. The van der Waals surface area contributed by atoms with Crippen LogP contribution >= 0.6 is 0 Å². The molecule has 1 fully saturated rings. The second-order valence-electron chi connectivity index (χ2n) is 5.90. The number of rotatable bonds is 5. The van der Waals surface area contributed by atoms with Gasteiger partial charge in [0.15, 0.2) is 0 Å². The van der Waals surface area contributed by atoms with E-state index in [4.69, 9.17) is 4.74 Å². The first-order valence-electron chi connectivity index (χ1n) is 8.01. The molecule has 5 nitrogen and oxygen atoms in total. The molecule has 0 radical (unpaired) electrons. The van der Waals surface area contributed by atoms with Crippen LogP contribution in [0.1, 0.15) is 31.7 Å². The Balaban J connectivity index is 1.76. The Kier molecular flexibility index (Phi) is 4.43. The molecule has 1 N–H and O–H groups in total. The molecule has 0 atom stereocenters. The van der Waals surface area contributed by atoms with Crippen molar-refractivity contribution in [3.63, 3.8) is 0 Å². The molecule has 1 aromatic rings. The standard InChI is InChI=1S/C17H22N2O3/c1-2-22-11-16(20)18-14-8-7-12-4-3-9-19(15(12)10-14)17(21)13-5-6-13/h7-8,10,13H,2-6,9,11H2,1H3,(H,18,20). The first-order valence-corrected chi connectivity index (χ1v) is 8.01. The maximum Gasteiger partial charge on any atom is 0.250 e. The molecule has 1 aliphatic carbocycles. The monoisotopic (exact) mass is 302 g/mol. The SMILES string of the molecule is CCOCC(=O)Nc1ccc2c(c1)N(C(=O)C1CC1)CCC2. The summed E-state index contributed by atoms with van der Waals surface area (Å²) in [5.41, 5.74) is 2.86. The maximum atomic E-state index is 12.4. The van der Waals surface area contributed by atoms with E-state index in [0.29, 0.717) is 6.61 Å². The van der Waals surface area contributed by atoms with Gasteiger partial charge in [-0.15, -0.1) is 0 Å². The molecule has 0 bridgehead atoms. The number of carbonyl (C=O) groups is 2. The maximum absolute atomic E-state index is 12.4. The van der Waals surface area contributed by atoms with Crippen molar-refractivity contribution in [2.45, 2.75) is 32.6 Å². The summed E-state index contributed by atoms with van der Waals surface area (Å²) in [7, 11) is 0. The zero-order valence-corrected chi connectivity index (χ0v) is 12.9. The first kappa shape index (κ1) is 15.0. The van der Waals surface area contributed by atoms with Crippen LogP contribution in [0.4, 0.5) is 11.4 Å². The molecule has 1 saturated carbocycles. The van der Waals surface area contributed by atoms with Gasteiger partial charge in [-0.05, 0) is 50.3 Å². The largest absolute Gasteiger partial charge is 0.372 e. The summed E-state index contributed by atoms with van der Waals surface area (Å²) >= 11 is 0. The second-order valence-corrected chi connectivity index (χ2v) is 5.90. The lowest BCUT2D eigenvalue weighted by molar-refractivity contribution is -0.120. The third kappa shape index (κ3) is 3.30. The number of anilines is 2. The predicted octanol–water partition coefficient (Wildman–Crippen LogP) is 2.35. The summed E-state index contributed by atoms with van der Waals surface area (Å²) in [4.78, 5) is 26.1. The Morgan fingerprint density at radius 3 is 2.91 bits per heavy atom. The van der Waals surface area contributed by atoms with Crippen LogP contribution in [0.3, 0.4) is 0 Å². The molecule has 0 saturated heterocycles. The summed E-state index contributed by atoms with van der Waals surface area (Å²) in [5, 5.41) is 2.83. The van der Waals surface area contributed by atoms with E-state index in [9.17, 15) is 9.59 Å². The summed E-state index contributed by atoms with van der Waals surface area (Å²) < 4.78 is 5.10. The topological polar surface area (TPSA) is 58.6 Å². The van der Waals surface area contributed by atoms with Crippen molar-refractivity contribution in [2.75, 3.05) is 30.0 Å². The Hall–Kier alpha value is -1.88. The van der Waals surface area contributed by atoms with Gasteiger partial charge in [-0.1, -0.05) is 6.07 Å². The van der Waals surface area contributed by atoms with Crippen molar-refractivity contribution in [1.29, 1.82) is 0 Å². The lowest BCUT2D eigenvalue weighted by Crippen LogP contribution is -2.36. The van der Waals surface area contributed by atoms with Gasteiger partial charge in [0, 0.05) is 30.4 Å². The number of nitrogens with one attached hydrogen (secondary N) is 1. The van der Waals surface area contributed by atoms with Gasteiger partial charge in [0.1, 0.15) is 6.61 Å². The molecule has 2 aliphatic rings. The quantitative estimate of drug-likeness (QED) is 0.908. The summed E-state index contributed by atoms with van der Waals surface area (Å²) in [5.74, 6) is 0.276. The lowest BCUT2D eigenvalue weighted by atomic mass is 10.0. The van der Waals surface area contributed by atoms with E-state index in [1.54, 1.807) is 0 Å². The minimum Gasteiger partial charge on any atom is -0.372 e. The van der Waals surface area contributed by atoms with Crippen molar-refractivity contribution in [1.82, 2.24) is 0 Å². The molecule has 0 aromatic heterocycles. The van der Waals surface area contributed by atoms with Crippen molar-refractivity contribution in [3.8, 4) is 0 Å². The number of nitrogens with zero attached hydrogens (tertiary/aromatic N) is 1. The van der Waals surface area contributed by atoms with Gasteiger partial charge in [-0.25, -0.2) is 0 Å². The Bertz CT molecular complexity index is 581. The Morgan fingerprint density at radius 2 is 2.18 bits per heavy atom. The number of carbonyl (C=O) groups excluding carboxylic acids is 2. The normalized spacial score (nSPS) is 17.0. The fourth-order valence-corrected chi connectivity index (χ4v) is 2.82. The van der Waals surface area contributed by atoms with Crippen molar-refractivity contribution in [3.05, 3.63) is 23.8 Å². The average Bonchev–Trinajstić information content (AvgIpc) is 3.36. The van der Waals surface area contributed by atoms with Crippen LogP contribution in [-0.2, 0) is 20.7 Å². The van der Waals surface area contributed by atoms with Crippen LogP contribution in [0, 0.1) is 5.92 Å². The van der Waals surface area contributed by atoms with Crippen molar-refractivity contribution in [2.24, 2.45) is 5.92 Å². The van der Waals surface area contributed by atoms with Crippen LogP contribution in [0.2, 0.25) is 0 Å². The molecule has 2 amide bonds. The van der Waals surface area contributed by atoms with E-state index in [-0.39, 0.29) is 24.3 Å². The average molecular weight is 302 g/mol. The minimum absolute atomic E-state index is 0.0539. The van der Waals surface area contributed by atoms with E-state index in [0.717, 1.165) is 43.6 Å². The van der Waals surface area contributed by atoms with E-state index in [2.05, 4.69) is 5.32 Å². The summed E-state index contributed by atoms with van der Waals surface area (Å²) in [6.07, 6.45) is 4.00. The predicted molar refractivity (Wildman–Crippen MR) is 85.0 cm³/mol. The van der Waals surface area contributed by atoms with Gasteiger partial charge in [0.25, 0.3) is 0 Å². The van der Waals surface area contributed by atoms with Gasteiger partial charge >= 0.3 is 0 Å². The molecular weight excluding hydrogens is 280 g/mol. The highest BCUT2D eigenvalue weighted by atomic mass is 16.5. The minimum atomic E-state index is -0.169. The smallest absolute Gasteiger partial charge is 0.250 e. The Labute approximate surface area is 130 Å². The molecule has 1 aromatic carbocycles. The van der Waals surface area contributed by atoms with E-state index < -0.39 is 0 Å². The van der Waals surface area contributed by atoms with Crippen LogP contribution in [0.15, 0.2) is 18.2 Å². The van der Waals surface area contributed by atoms with Gasteiger partial charge in [-0.2, -0.15) is 0 Å². The van der Waals surface area contributed by atoms with Crippen LogP contribution < -0.4 is 10.2 Å². The number of benzene rings is 1. The molecule has 0 spiro atoms. The van der Waals surface area contributed by atoms with Gasteiger partial charge in [0.2, 0.25) is 11.8 Å². The van der Waals surface area contributed by atoms with Crippen LogP contribution in [-0.4, -0.2) is 31.6 Å².